The number of carboxylic acids is 1. The Balaban J connectivity index is 2.18. The van der Waals surface area contributed by atoms with Gasteiger partial charge < -0.3 is 14.6 Å². The van der Waals surface area contributed by atoms with E-state index >= 15 is 0 Å². The number of hydrogen-bond donors (Lipinski definition) is 1. The number of unbranched alkanes of at least 4 members (excludes halogenated alkanes) is 3. The molecule has 1 aromatic carbocycles. The highest BCUT2D eigenvalue weighted by molar-refractivity contribution is 6.52. The molecule has 1 unspecified atom stereocenters. The van der Waals surface area contributed by atoms with Crippen molar-refractivity contribution in [3.63, 3.8) is 0 Å². The molecule has 6 heteroatoms. The lowest BCUT2D eigenvalue weighted by molar-refractivity contribution is -0.157. The molecule has 1 aliphatic rings. The average Bonchev–Trinajstić information content (AvgIpc) is 2.64. The van der Waals surface area contributed by atoms with Gasteiger partial charge in [-0.25, -0.2) is 4.79 Å². The molecule has 0 saturated heterocycles. The van der Waals surface area contributed by atoms with E-state index in [2.05, 4.69) is 6.92 Å². The quantitative estimate of drug-likeness (QED) is 0.463. The first-order valence-electron chi connectivity index (χ1n) is 10.1. The van der Waals surface area contributed by atoms with Gasteiger partial charge in [-0.3, -0.25) is 9.59 Å². The second-order valence-electron chi connectivity index (χ2n) is 8.35. The Bertz CT molecular complexity index is 800. The number of Topliss-reactive ketones (excluding diaryl/α,β-unsaturated/α-hetero) is 2. The Hall–Kier alpha value is -2.47. The van der Waals surface area contributed by atoms with E-state index in [4.69, 9.17) is 9.47 Å². The zero-order valence-corrected chi connectivity index (χ0v) is 17.6. The van der Waals surface area contributed by atoms with Gasteiger partial charge in [0, 0.05) is 5.57 Å². The van der Waals surface area contributed by atoms with E-state index in [0.29, 0.717) is 17.9 Å². The number of carbonyl (C=O) groups excluding carboxylic acids is 2. The molecule has 158 valence electrons. The Kier molecular flexibility index (Phi) is 7.73. The topological polar surface area (TPSA) is 89.9 Å². The van der Waals surface area contributed by atoms with E-state index < -0.39 is 29.1 Å². The van der Waals surface area contributed by atoms with E-state index in [1.807, 2.05) is 0 Å². The van der Waals surface area contributed by atoms with E-state index in [0.717, 1.165) is 25.7 Å². The van der Waals surface area contributed by atoms with Crippen molar-refractivity contribution in [1.82, 2.24) is 0 Å². The van der Waals surface area contributed by atoms with Gasteiger partial charge in [-0.05, 0) is 29.5 Å². The van der Waals surface area contributed by atoms with Crippen molar-refractivity contribution in [3.8, 4) is 5.75 Å². The largest absolute Gasteiger partial charge is 0.493 e. The fourth-order valence-electron chi connectivity index (χ4n) is 3.23. The van der Waals surface area contributed by atoms with Crippen LogP contribution in [0.1, 0.15) is 69.3 Å². The molecule has 0 amide bonds. The highest BCUT2D eigenvalue weighted by Crippen LogP contribution is 2.31. The number of carbonyl (C=O) groups is 3. The molecule has 0 bridgehead atoms. The van der Waals surface area contributed by atoms with Crippen LogP contribution >= 0.6 is 0 Å². The highest BCUT2D eigenvalue weighted by Gasteiger charge is 2.35. The average molecular weight is 402 g/mol. The minimum absolute atomic E-state index is 0.151. The molecule has 0 saturated carbocycles. The minimum atomic E-state index is -1.10. The molecule has 1 aliphatic carbocycles. The minimum Gasteiger partial charge on any atom is -0.493 e. The summed E-state index contributed by atoms with van der Waals surface area (Å²) in [6.45, 7) is 7.62. The number of benzene rings is 1. The number of carboxylic acid groups (broad SMARTS) is 1. The zero-order chi connectivity index (χ0) is 21.6. The van der Waals surface area contributed by atoms with Crippen molar-refractivity contribution < 1.29 is 29.0 Å². The fraction of sp³-hybridized carbons (Fsp3) is 0.522. The molecule has 0 heterocycles. The SMILES string of the molecule is CCCCCCOc1cccc2c1C(=O)C(=O)C(COC(C(=O)O)C(C)(C)C)=C2. The third-order valence-electron chi connectivity index (χ3n) is 4.78. The number of rotatable bonds is 10. The molecule has 0 aliphatic heterocycles. The lowest BCUT2D eigenvalue weighted by atomic mass is 9.88. The fourth-order valence-corrected chi connectivity index (χ4v) is 3.23. The van der Waals surface area contributed by atoms with Crippen LogP contribution in [-0.2, 0) is 14.3 Å². The molecule has 0 fully saturated rings. The van der Waals surface area contributed by atoms with E-state index in [9.17, 15) is 19.5 Å². The van der Waals surface area contributed by atoms with Crippen LogP contribution in [0.4, 0.5) is 0 Å². The summed E-state index contributed by atoms with van der Waals surface area (Å²) in [5, 5.41) is 9.37. The van der Waals surface area contributed by atoms with Gasteiger partial charge in [-0.1, -0.05) is 59.1 Å². The highest BCUT2D eigenvalue weighted by atomic mass is 16.5. The van der Waals surface area contributed by atoms with E-state index in [1.165, 1.54) is 0 Å². The van der Waals surface area contributed by atoms with Crippen molar-refractivity contribution in [3.05, 3.63) is 34.9 Å². The lowest BCUT2D eigenvalue weighted by Crippen LogP contribution is -2.38. The summed E-state index contributed by atoms with van der Waals surface area (Å²) < 4.78 is 11.3. The molecule has 0 spiro atoms. The predicted octanol–water partition coefficient (Wildman–Crippen LogP) is 4.31. The summed E-state index contributed by atoms with van der Waals surface area (Å²) in [6, 6.07) is 5.20. The molecule has 6 nitrogen and oxygen atoms in total. The van der Waals surface area contributed by atoms with Crippen LogP contribution in [0.5, 0.6) is 5.75 Å². The van der Waals surface area contributed by atoms with Gasteiger partial charge in [0.25, 0.3) is 0 Å². The van der Waals surface area contributed by atoms with Crippen LogP contribution < -0.4 is 4.74 Å². The molecule has 0 aromatic heterocycles. The van der Waals surface area contributed by atoms with Gasteiger partial charge in [-0.15, -0.1) is 0 Å². The van der Waals surface area contributed by atoms with Gasteiger partial charge in [0.2, 0.25) is 11.6 Å². The summed E-state index contributed by atoms with van der Waals surface area (Å²) in [4.78, 5) is 36.8. The summed E-state index contributed by atoms with van der Waals surface area (Å²) in [6.07, 6.45) is 4.69. The number of aliphatic carboxylic acids is 1. The van der Waals surface area contributed by atoms with Gasteiger partial charge in [0.15, 0.2) is 6.10 Å². The molecule has 1 atom stereocenters. The van der Waals surface area contributed by atoms with Crippen LogP contribution in [0, 0.1) is 5.41 Å². The van der Waals surface area contributed by atoms with Crippen LogP contribution in [-0.4, -0.2) is 42.0 Å². The van der Waals surface area contributed by atoms with Crippen LogP contribution in [0.2, 0.25) is 0 Å². The maximum Gasteiger partial charge on any atom is 0.333 e. The van der Waals surface area contributed by atoms with Gasteiger partial charge in [-0.2, -0.15) is 0 Å². The zero-order valence-electron chi connectivity index (χ0n) is 17.6. The van der Waals surface area contributed by atoms with E-state index in [-0.39, 0.29) is 17.7 Å². The smallest absolute Gasteiger partial charge is 0.333 e. The van der Waals surface area contributed by atoms with Crippen molar-refractivity contribution in [2.45, 2.75) is 59.5 Å². The van der Waals surface area contributed by atoms with E-state index in [1.54, 1.807) is 45.0 Å². The molecular formula is C23H30O6. The third-order valence-corrected chi connectivity index (χ3v) is 4.78. The van der Waals surface area contributed by atoms with Crippen molar-refractivity contribution >= 4 is 23.6 Å². The van der Waals surface area contributed by atoms with Crippen molar-refractivity contribution in [2.75, 3.05) is 13.2 Å². The maximum absolute atomic E-state index is 12.7. The second kappa shape index (κ2) is 9.83. The number of ether oxygens (including phenoxy) is 2. The summed E-state index contributed by atoms with van der Waals surface area (Å²) >= 11 is 0. The number of fused-ring (bicyclic) bond motifs is 1. The summed E-state index contributed by atoms with van der Waals surface area (Å²) in [5.41, 5.74) is 0.354. The first-order valence-corrected chi connectivity index (χ1v) is 10.1. The first-order chi connectivity index (χ1) is 13.7. The van der Waals surface area contributed by atoms with Gasteiger partial charge in [0.1, 0.15) is 5.75 Å². The Morgan fingerprint density at radius 2 is 1.83 bits per heavy atom. The Labute approximate surface area is 171 Å². The monoisotopic (exact) mass is 402 g/mol. The standard InChI is InChI=1S/C23H30O6/c1-5-6-7-8-12-28-17-11-9-10-15-13-16(19(24)20(25)18(15)17)14-29-21(22(26)27)23(2,3)4/h9-11,13,21H,5-8,12,14H2,1-4H3,(H,26,27). The van der Waals surface area contributed by atoms with Gasteiger partial charge in [0.05, 0.1) is 18.8 Å². The van der Waals surface area contributed by atoms with Crippen molar-refractivity contribution in [2.24, 2.45) is 5.41 Å². The molecule has 1 aromatic rings. The second-order valence-corrected chi connectivity index (χ2v) is 8.35. The summed E-state index contributed by atoms with van der Waals surface area (Å²) in [7, 11) is 0. The Morgan fingerprint density at radius 3 is 2.45 bits per heavy atom. The molecule has 1 N–H and O–H groups in total. The third kappa shape index (κ3) is 5.76. The number of hydrogen-bond acceptors (Lipinski definition) is 5. The summed E-state index contributed by atoms with van der Waals surface area (Å²) in [5.74, 6) is -2.02. The first kappa shape index (κ1) is 22.8. The lowest BCUT2D eigenvalue weighted by Gasteiger charge is -2.27. The van der Waals surface area contributed by atoms with Gasteiger partial charge >= 0.3 is 5.97 Å². The Morgan fingerprint density at radius 1 is 1.10 bits per heavy atom. The van der Waals surface area contributed by atoms with Crippen LogP contribution in [0.3, 0.4) is 0 Å². The predicted molar refractivity (Wildman–Crippen MR) is 110 cm³/mol. The maximum atomic E-state index is 12.7. The normalized spacial score (nSPS) is 15.0. The molecule has 0 radical (unpaired) electrons. The number of ketones is 2. The molecular weight excluding hydrogens is 372 g/mol. The van der Waals surface area contributed by atoms with Crippen LogP contribution in [0.15, 0.2) is 23.8 Å². The van der Waals surface area contributed by atoms with Crippen molar-refractivity contribution in [1.29, 1.82) is 0 Å². The molecule has 2 rings (SSSR count). The molecule has 29 heavy (non-hydrogen) atoms. The van der Waals surface area contributed by atoms with Crippen LogP contribution in [0.25, 0.3) is 6.08 Å².